The fraction of sp³-hybridized carbons (Fsp3) is 0.296. The number of aromatic nitrogens is 2. The van der Waals surface area contributed by atoms with E-state index < -0.39 is 5.97 Å². The van der Waals surface area contributed by atoms with Gasteiger partial charge in [-0.15, -0.1) is 11.3 Å². The molecule has 5 nitrogen and oxygen atoms in total. The van der Waals surface area contributed by atoms with E-state index in [2.05, 4.69) is 53.3 Å². The molecule has 33 heavy (non-hydrogen) atoms. The molecule has 0 fully saturated rings. The summed E-state index contributed by atoms with van der Waals surface area (Å²) in [7, 11) is 0. The maximum Gasteiger partial charge on any atom is 0.303 e. The highest BCUT2D eigenvalue weighted by molar-refractivity contribution is 7.22. The Morgan fingerprint density at radius 2 is 1.79 bits per heavy atom. The molecule has 4 aromatic rings. The summed E-state index contributed by atoms with van der Waals surface area (Å²) in [5, 5.41) is 9.79. The zero-order valence-corrected chi connectivity index (χ0v) is 19.8. The molecule has 0 saturated heterocycles. The number of carbonyl (C=O) groups is 1. The molecule has 0 saturated carbocycles. The van der Waals surface area contributed by atoms with Crippen molar-refractivity contribution in [1.29, 1.82) is 0 Å². The molecule has 0 radical (unpaired) electrons. The van der Waals surface area contributed by atoms with Gasteiger partial charge in [0.15, 0.2) is 0 Å². The Bertz CT molecular complexity index is 1220. The van der Waals surface area contributed by atoms with Gasteiger partial charge >= 0.3 is 5.97 Å². The second-order valence-corrected chi connectivity index (χ2v) is 9.15. The molecule has 6 heteroatoms. The number of hydrogen-bond acceptors (Lipinski definition) is 5. The lowest BCUT2D eigenvalue weighted by Crippen LogP contribution is -2.13. The molecule has 0 unspecified atom stereocenters. The van der Waals surface area contributed by atoms with Gasteiger partial charge in [-0.25, -0.2) is 9.97 Å². The number of hydrogen-bond donors (Lipinski definition) is 1. The summed E-state index contributed by atoms with van der Waals surface area (Å²) in [4.78, 5) is 21.9. The van der Waals surface area contributed by atoms with Crippen LogP contribution in [0.4, 0.5) is 0 Å². The largest absolute Gasteiger partial charge is 0.481 e. The first-order chi connectivity index (χ1) is 16.1. The van der Waals surface area contributed by atoms with Gasteiger partial charge in [0.25, 0.3) is 0 Å². The number of aliphatic carboxylic acids is 1. The number of unbranched alkanes of at least 4 members (excludes halogenated alkanes) is 1. The zero-order valence-electron chi connectivity index (χ0n) is 19.0. The van der Waals surface area contributed by atoms with Gasteiger partial charge in [-0.3, -0.25) is 4.79 Å². The molecule has 2 heterocycles. The van der Waals surface area contributed by atoms with Crippen LogP contribution in [0.5, 0.6) is 5.88 Å². The van der Waals surface area contributed by atoms with Crippen molar-refractivity contribution in [2.24, 2.45) is 0 Å². The van der Waals surface area contributed by atoms with Gasteiger partial charge in [-0.1, -0.05) is 61.5 Å². The molecule has 0 aliphatic heterocycles. The van der Waals surface area contributed by atoms with E-state index in [1.807, 2.05) is 25.1 Å². The van der Waals surface area contributed by atoms with E-state index in [0.29, 0.717) is 12.3 Å². The summed E-state index contributed by atoms with van der Waals surface area (Å²) in [6.07, 6.45) is 4.88. The first-order valence-electron chi connectivity index (χ1n) is 11.4. The van der Waals surface area contributed by atoms with Crippen LogP contribution >= 0.6 is 11.3 Å². The number of benzene rings is 2. The number of thiophene rings is 1. The molecule has 0 bridgehead atoms. The summed E-state index contributed by atoms with van der Waals surface area (Å²) < 4.78 is 6.30. The molecule has 1 N–H and O–H groups in total. The molecule has 0 aliphatic carbocycles. The number of rotatable bonds is 10. The molecule has 170 valence electrons. The molecular weight excluding hydrogens is 432 g/mol. The van der Waals surface area contributed by atoms with E-state index in [-0.39, 0.29) is 12.5 Å². The average Bonchev–Trinajstić information content (AvgIpc) is 3.23. The van der Waals surface area contributed by atoms with E-state index in [9.17, 15) is 4.79 Å². The van der Waals surface area contributed by atoms with Crippen LogP contribution in [0, 0.1) is 0 Å². The van der Waals surface area contributed by atoms with Crippen molar-refractivity contribution >= 4 is 27.5 Å². The third-order valence-corrected chi connectivity index (χ3v) is 6.85. The quantitative estimate of drug-likeness (QED) is 0.258. The zero-order chi connectivity index (χ0) is 23.2. The topological polar surface area (TPSA) is 72.3 Å². The van der Waals surface area contributed by atoms with Crippen LogP contribution in [0.1, 0.15) is 45.1 Å². The maximum absolute atomic E-state index is 10.8. The van der Waals surface area contributed by atoms with E-state index in [1.165, 1.54) is 5.56 Å². The van der Waals surface area contributed by atoms with Crippen LogP contribution in [0.3, 0.4) is 0 Å². The highest BCUT2D eigenvalue weighted by Crippen LogP contribution is 2.46. The fourth-order valence-electron chi connectivity index (χ4n) is 3.93. The minimum absolute atomic E-state index is 0.0766. The highest BCUT2D eigenvalue weighted by atomic mass is 32.1. The van der Waals surface area contributed by atoms with E-state index in [1.54, 1.807) is 17.7 Å². The van der Waals surface area contributed by atoms with Crippen molar-refractivity contribution in [3.8, 4) is 27.4 Å². The number of fused-ring (bicyclic) bond motifs is 1. The predicted octanol–water partition coefficient (Wildman–Crippen LogP) is 7.00. The Balaban J connectivity index is 1.74. The lowest BCUT2D eigenvalue weighted by molar-refractivity contribution is -0.137. The third kappa shape index (κ3) is 5.40. The van der Waals surface area contributed by atoms with Crippen molar-refractivity contribution in [3.05, 3.63) is 66.5 Å². The first-order valence-corrected chi connectivity index (χ1v) is 12.2. The van der Waals surface area contributed by atoms with Crippen molar-refractivity contribution in [2.75, 3.05) is 0 Å². The molecule has 2 aromatic heterocycles. The van der Waals surface area contributed by atoms with Crippen LogP contribution in [-0.2, 0) is 11.2 Å². The number of aryl methyl sites for hydroxylation is 1. The van der Waals surface area contributed by atoms with Crippen LogP contribution < -0.4 is 4.74 Å². The lowest BCUT2D eigenvalue weighted by atomic mass is 9.98. The highest BCUT2D eigenvalue weighted by Gasteiger charge is 2.22. The standard InChI is InChI=1S/C27H28N2O3S/c1-3-19-13-15-20(16-14-19)23-24-26(32-18(2)9-7-8-12-22(30)31)28-17-29-27(24)33-25(23)21-10-5-4-6-11-21/h4-6,10-11,13-18H,3,7-9,12H2,1-2H3,(H,30,31)/t18-/m1/s1. The number of carboxylic acid groups (broad SMARTS) is 1. The summed E-state index contributed by atoms with van der Waals surface area (Å²) >= 11 is 1.65. The average molecular weight is 461 g/mol. The second kappa shape index (κ2) is 10.6. The van der Waals surface area contributed by atoms with E-state index >= 15 is 0 Å². The van der Waals surface area contributed by atoms with Crippen LogP contribution in [0.25, 0.3) is 31.8 Å². The summed E-state index contributed by atoms with van der Waals surface area (Å²) in [5.41, 5.74) is 4.65. The Labute approximate surface area is 198 Å². The van der Waals surface area contributed by atoms with Gasteiger partial charge in [0.05, 0.1) is 11.5 Å². The lowest BCUT2D eigenvalue weighted by Gasteiger charge is -2.15. The van der Waals surface area contributed by atoms with Gasteiger partial charge < -0.3 is 9.84 Å². The first kappa shape index (κ1) is 22.9. The Morgan fingerprint density at radius 1 is 1.03 bits per heavy atom. The number of carboxylic acids is 1. The fourth-order valence-corrected chi connectivity index (χ4v) is 5.09. The van der Waals surface area contributed by atoms with Crippen molar-refractivity contribution in [3.63, 3.8) is 0 Å². The SMILES string of the molecule is CCc1ccc(-c2c(-c3ccccc3)sc3ncnc(O[C@H](C)CCCCC(=O)O)c23)cc1. The maximum atomic E-state index is 10.8. The monoisotopic (exact) mass is 460 g/mol. The van der Waals surface area contributed by atoms with Crippen LogP contribution in [-0.4, -0.2) is 27.1 Å². The summed E-state index contributed by atoms with van der Waals surface area (Å²) in [6, 6.07) is 19.0. The second-order valence-electron chi connectivity index (χ2n) is 8.15. The predicted molar refractivity (Wildman–Crippen MR) is 134 cm³/mol. The molecule has 2 aromatic carbocycles. The van der Waals surface area contributed by atoms with Gasteiger partial charge in [0.2, 0.25) is 5.88 Å². The molecule has 1 atom stereocenters. The van der Waals surface area contributed by atoms with Crippen LogP contribution in [0.2, 0.25) is 0 Å². The smallest absolute Gasteiger partial charge is 0.303 e. The van der Waals surface area contributed by atoms with Crippen molar-refractivity contribution < 1.29 is 14.6 Å². The normalized spacial score (nSPS) is 12.1. The Kier molecular flexibility index (Phi) is 7.35. The van der Waals surface area contributed by atoms with E-state index in [4.69, 9.17) is 9.84 Å². The third-order valence-electron chi connectivity index (χ3n) is 5.70. The minimum atomic E-state index is -0.758. The molecule has 0 amide bonds. The Morgan fingerprint density at radius 3 is 2.48 bits per heavy atom. The molecule has 4 rings (SSSR count). The number of ether oxygens (including phenoxy) is 1. The molecular formula is C27H28N2O3S. The molecule has 0 aliphatic rings. The van der Waals surface area contributed by atoms with Crippen molar-refractivity contribution in [2.45, 2.75) is 52.1 Å². The number of nitrogens with zero attached hydrogens (tertiary/aromatic N) is 2. The summed E-state index contributed by atoms with van der Waals surface area (Å²) in [5.74, 6) is -0.176. The summed E-state index contributed by atoms with van der Waals surface area (Å²) in [6.45, 7) is 4.16. The Hall–Kier alpha value is -3.25. The van der Waals surface area contributed by atoms with Crippen LogP contribution in [0.15, 0.2) is 60.9 Å². The minimum Gasteiger partial charge on any atom is -0.481 e. The van der Waals surface area contributed by atoms with E-state index in [0.717, 1.165) is 51.0 Å². The molecule has 0 spiro atoms. The van der Waals surface area contributed by atoms with Gasteiger partial charge in [0.1, 0.15) is 11.2 Å². The van der Waals surface area contributed by atoms with Crippen molar-refractivity contribution in [1.82, 2.24) is 9.97 Å². The van der Waals surface area contributed by atoms with Gasteiger partial charge in [-0.05, 0) is 49.3 Å². The van der Waals surface area contributed by atoms with Gasteiger partial charge in [-0.2, -0.15) is 0 Å². The van der Waals surface area contributed by atoms with Gasteiger partial charge in [0, 0.05) is 16.9 Å².